The second-order valence-corrected chi connectivity index (χ2v) is 6.99. The molecular formula is C12H17N5O2S2. The third-order valence-electron chi connectivity index (χ3n) is 2.59. The van der Waals surface area contributed by atoms with Gasteiger partial charge in [0, 0.05) is 31.1 Å². The number of hydrogen-bond acceptors (Lipinski definition) is 7. The van der Waals surface area contributed by atoms with Gasteiger partial charge in [-0.25, -0.2) is 28.1 Å². The lowest BCUT2D eigenvalue weighted by Gasteiger charge is -2.06. The van der Waals surface area contributed by atoms with Crippen LogP contribution in [0.15, 0.2) is 28.9 Å². The van der Waals surface area contributed by atoms with Gasteiger partial charge in [-0.3, -0.25) is 0 Å². The lowest BCUT2D eigenvalue weighted by Crippen LogP contribution is -2.26. The smallest absolute Gasteiger partial charge is 0.243 e. The molecular weight excluding hydrogens is 310 g/mol. The van der Waals surface area contributed by atoms with E-state index < -0.39 is 10.0 Å². The summed E-state index contributed by atoms with van der Waals surface area (Å²) in [5.41, 5.74) is 0. The van der Waals surface area contributed by atoms with E-state index in [1.165, 1.54) is 23.7 Å². The van der Waals surface area contributed by atoms with Crippen molar-refractivity contribution in [2.45, 2.75) is 24.7 Å². The van der Waals surface area contributed by atoms with Crippen molar-refractivity contribution >= 4 is 27.3 Å². The van der Waals surface area contributed by atoms with Crippen LogP contribution in [0.3, 0.4) is 0 Å². The molecule has 0 aliphatic heterocycles. The molecule has 2 aromatic rings. The van der Waals surface area contributed by atoms with E-state index in [2.05, 4.69) is 25.0 Å². The monoisotopic (exact) mass is 327 g/mol. The van der Waals surface area contributed by atoms with Crippen molar-refractivity contribution in [2.75, 3.05) is 18.4 Å². The van der Waals surface area contributed by atoms with Gasteiger partial charge in [0.15, 0.2) is 0 Å². The predicted molar refractivity (Wildman–Crippen MR) is 81.8 cm³/mol. The molecule has 2 heterocycles. The summed E-state index contributed by atoms with van der Waals surface area (Å²) in [6.07, 6.45) is 5.81. The Labute approximate surface area is 127 Å². The summed E-state index contributed by atoms with van der Waals surface area (Å²) < 4.78 is 26.6. The van der Waals surface area contributed by atoms with Gasteiger partial charge in [-0.2, -0.15) is 0 Å². The Morgan fingerprint density at radius 2 is 1.95 bits per heavy atom. The van der Waals surface area contributed by atoms with Gasteiger partial charge < -0.3 is 5.32 Å². The van der Waals surface area contributed by atoms with Crippen molar-refractivity contribution in [3.8, 4) is 0 Å². The first-order chi connectivity index (χ1) is 10.1. The SMILES string of the molecule is CCCNc1ncc(S(=O)(=O)NCCc2nccs2)cn1. The molecule has 0 aromatic carbocycles. The molecule has 0 spiro atoms. The Kier molecular flexibility index (Phi) is 5.59. The van der Waals surface area contributed by atoms with E-state index in [0.29, 0.717) is 18.9 Å². The summed E-state index contributed by atoms with van der Waals surface area (Å²) in [6, 6.07) is 0. The molecule has 0 fully saturated rings. The third kappa shape index (κ3) is 4.73. The van der Waals surface area contributed by atoms with Crippen molar-refractivity contribution in [3.63, 3.8) is 0 Å². The fourth-order valence-electron chi connectivity index (χ4n) is 1.54. The highest BCUT2D eigenvalue weighted by molar-refractivity contribution is 7.89. The van der Waals surface area contributed by atoms with E-state index in [1.807, 2.05) is 12.3 Å². The average molecular weight is 327 g/mol. The topological polar surface area (TPSA) is 96.9 Å². The summed E-state index contributed by atoms with van der Waals surface area (Å²) in [4.78, 5) is 12.1. The maximum atomic E-state index is 12.1. The maximum absolute atomic E-state index is 12.1. The average Bonchev–Trinajstić information content (AvgIpc) is 2.98. The fourth-order valence-corrected chi connectivity index (χ4v) is 3.08. The molecule has 0 amide bonds. The predicted octanol–water partition coefficient (Wildman–Crippen LogP) is 1.28. The van der Waals surface area contributed by atoms with Crippen molar-refractivity contribution in [1.82, 2.24) is 19.7 Å². The van der Waals surface area contributed by atoms with Gasteiger partial charge in [-0.05, 0) is 6.42 Å². The molecule has 0 radical (unpaired) electrons. The molecule has 2 rings (SSSR count). The summed E-state index contributed by atoms with van der Waals surface area (Å²) in [7, 11) is -3.58. The fraction of sp³-hybridized carbons (Fsp3) is 0.417. The number of nitrogens with zero attached hydrogens (tertiary/aromatic N) is 3. The molecule has 0 aliphatic rings. The first kappa shape index (κ1) is 15.8. The normalized spacial score (nSPS) is 11.5. The van der Waals surface area contributed by atoms with E-state index in [4.69, 9.17) is 0 Å². The zero-order valence-corrected chi connectivity index (χ0v) is 13.2. The number of thiazole rings is 1. The van der Waals surface area contributed by atoms with Gasteiger partial charge in [0.05, 0.1) is 17.4 Å². The molecule has 114 valence electrons. The number of nitrogens with one attached hydrogen (secondary N) is 2. The number of sulfonamides is 1. The minimum absolute atomic E-state index is 0.0590. The first-order valence-electron chi connectivity index (χ1n) is 6.56. The van der Waals surface area contributed by atoms with E-state index in [9.17, 15) is 8.42 Å². The first-order valence-corrected chi connectivity index (χ1v) is 8.92. The van der Waals surface area contributed by atoms with Crippen molar-refractivity contribution in [1.29, 1.82) is 0 Å². The van der Waals surface area contributed by atoms with Crippen LogP contribution in [0.2, 0.25) is 0 Å². The van der Waals surface area contributed by atoms with E-state index in [-0.39, 0.29) is 4.90 Å². The summed E-state index contributed by atoms with van der Waals surface area (Å²) in [6.45, 7) is 3.07. The lowest BCUT2D eigenvalue weighted by molar-refractivity contribution is 0.580. The molecule has 0 aliphatic carbocycles. The highest BCUT2D eigenvalue weighted by Crippen LogP contribution is 2.08. The molecule has 21 heavy (non-hydrogen) atoms. The van der Waals surface area contributed by atoms with E-state index in [0.717, 1.165) is 18.0 Å². The molecule has 0 bridgehead atoms. The maximum Gasteiger partial charge on any atom is 0.243 e. The van der Waals surface area contributed by atoms with Gasteiger partial charge in [0.2, 0.25) is 16.0 Å². The molecule has 2 N–H and O–H groups in total. The molecule has 0 saturated heterocycles. The minimum atomic E-state index is -3.58. The highest BCUT2D eigenvalue weighted by Gasteiger charge is 2.14. The zero-order chi connectivity index (χ0) is 15.1. The van der Waals surface area contributed by atoms with Crippen molar-refractivity contribution in [3.05, 3.63) is 29.0 Å². The molecule has 0 atom stereocenters. The standard InChI is InChI=1S/C12H17N5O2S2/c1-2-4-14-12-15-8-10(9-16-12)21(18,19)17-5-3-11-13-6-7-20-11/h6-9,17H,2-5H2,1H3,(H,14,15,16). The number of aromatic nitrogens is 3. The van der Waals surface area contributed by atoms with Crippen LogP contribution in [-0.2, 0) is 16.4 Å². The van der Waals surface area contributed by atoms with Gasteiger partial charge in [0.25, 0.3) is 0 Å². The van der Waals surface area contributed by atoms with Crippen LogP contribution < -0.4 is 10.0 Å². The summed E-state index contributed by atoms with van der Waals surface area (Å²) >= 11 is 1.50. The van der Waals surface area contributed by atoms with Crippen LogP contribution in [0, 0.1) is 0 Å². The Hall–Kier alpha value is -1.58. The summed E-state index contributed by atoms with van der Waals surface area (Å²) in [5.74, 6) is 0.429. The van der Waals surface area contributed by atoms with Gasteiger partial charge >= 0.3 is 0 Å². The van der Waals surface area contributed by atoms with Crippen LogP contribution in [0.25, 0.3) is 0 Å². The summed E-state index contributed by atoms with van der Waals surface area (Å²) in [5, 5.41) is 5.75. The Morgan fingerprint density at radius 3 is 2.57 bits per heavy atom. The van der Waals surface area contributed by atoms with Crippen LogP contribution in [0.5, 0.6) is 0 Å². The molecule has 2 aromatic heterocycles. The van der Waals surface area contributed by atoms with Gasteiger partial charge in [-0.15, -0.1) is 11.3 Å². The second kappa shape index (κ2) is 7.43. The van der Waals surface area contributed by atoms with Crippen LogP contribution in [0.1, 0.15) is 18.4 Å². The third-order valence-corrected chi connectivity index (χ3v) is 4.84. The number of anilines is 1. The molecule has 0 saturated carbocycles. The van der Waals surface area contributed by atoms with E-state index >= 15 is 0 Å². The minimum Gasteiger partial charge on any atom is -0.354 e. The van der Waals surface area contributed by atoms with Crippen molar-refractivity contribution in [2.24, 2.45) is 0 Å². The Morgan fingerprint density at radius 1 is 1.19 bits per heavy atom. The molecule has 7 nitrogen and oxygen atoms in total. The Bertz CT molecular complexity index is 641. The largest absolute Gasteiger partial charge is 0.354 e. The number of hydrogen-bond donors (Lipinski definition) is 2. The highest BCUT2D eigenvalue weighted by atomic mass is 32.2. The number of rotatable bonds is 8. The van der Waals surface area contributed by atoms with Gasteiger partial charge in [-0.1, -0.05) is 6.92 Å². The van der Waals surface area contributed by atoms with Crippen LogP contribution in [0.4, 0.5) is 5.95 Å². The van der Waals surface area contributed by atoms with E-state index in [1.54, 1.807) is 6.20 Å². The zero-order valence-electron chi connectivity index (χ0n) is 11.6. The molecule has 9 heteroatoms. The van der Waals surface area contributed by atoms with Crippen molar-refractivity contribution < 1.29 is 8.42 Å². The van der Waals surface area contributed by atoms with Crippen LogP contribution >= 0.6 is 11.3 Å². The quantitative estimate of drug-likeness (QED) is 0.758. The lowest BCUT2D eigenvalue weighted by atomic mass is 10.5. The Balaban J connectivity index is 1.92. The van der Waals surface area contributed by atoms with Gasteiger partial charge in [0.1, 0.15) is 4.90 Å². The second-order valence-electron chi connectivity index (χ2n) is 4.24. The molecule has 0 unspecified atom stereocenters. The van der Waals surface area contributed by atoms with Crippen LogP contribution in [-0.4, -0.2) is 36.5 Å².